The second-order valence-electron chi connectivity index (χ2n) is 8.19. The van der Waals surface area contributed by atoms with Crippen molar-refractivity contribution < 1.29 is 0 Å². The van der Waals surface area contributed by atoms with E-state index in [1.54, 1.807) is 0 Å². The van der Waals surface area contributed by atoms with E-state index in [0.717, 1.165) is 39.0 Å². The number of hydrogen-bond donors (Lipinski definition) is 1. The Bertz CT molecular complexity index is 514. The number of nitrogens with two attached hydrogens (primary N) is 1. The average molecular weight is 557 g/mol. The van der Waals surface area contributed by atoms with E-state index in [0.29, 0.717) is 5.92 Å². The van der Waals surface area contributed by atoms with E-state index in [-0.39, 0.29) is 0 Å². The van der Waals surface area contributed by atoms with Gasteiger partial charge in [0, 0.05) is 5.69 Å². The molecular weight excluding hydrogens is 489 g/mol. The number of allylic oxidation sites excluding steroid dienone is 1. The maximum absolute atomic E-state index is 6.03. The van der Waals surface area contributed by atoms with E-state index < -0.39 is 0 Å². The zero-order valence-corrected chi connectivity index (χ0v) is 28.1. The molecule has 0 aliphatic heterocycles. The van der Waals surface area contributed by atoms with Crippen LogP contribution in [0.3, 0.4) is 0 Å². The second-order valence-corrected chi connectivity index (χ2v) is 10.3. The molecule has 0 fully saturated rings. The van der Waals surface area contributed by atoms with Crippen molar-refractivity contribution in [3.8, 4) is 0 Å². The fourth-order valence-corrected chi connectivity index (χ4v) is 3.64. The molecule has 0 aliphatic carbocycles. The van der Waals surface area contributed by atoms with Gasteiger partial charge in [0.1, 0.15) is 0 Å². The third kappa shape index (κ3) is 37.7. The van der Waals surface area contributed by atoms with Gasteiger partial charge in [0.15, 0.2) is 0 Å². The first-order valence-corrected chi connectivity index (χ1v) is 17.4. The normalized spacial score (nSPS) is 9.49. The molecule has 0 amide bonds. The van der Waals surface area contributed by atoms with Gasteiger partial charge in [-0.05, 0) is 42.9 Å². The molecule has 1 aromatic rings. The van der Waals surface area contributed by atoms with Gasteiger partial charge in [0.2, 0.25) is 0 Å². The molecule has 0 saturated carbocycles. The zero-order chi connectivity index (χ0) is 28.5. The zero-order valence-electron chi connectivity index (χ0n) is 26.4. The van der Waals surface area contributed by atoms with Crippen LogP contribution in [0.15, 0.2) is 36.9 Å². The van der Waals surface area contributed by atoms with Crippen molar-refractivity contribution in [3.05, 3.63) is 48.1 Å². The Kier molecular flexibility index (Phi) is 50.6. The standard InChI is InChI=1S/C15H21N.C5H12Se.C5H12.C4H10.2C2H6/c1-5-13-8-9-14(15(16)10-13)12(4)7-6-11(2)3;1-3-4-5-6-2;1-3-5-4-2;1-3-4-2;2*1-2/h5,8-10,12H,1-2,6-7,16H2,3-4H3;3-5H2,1-2H3;3-5H2,1-2H3;3-4H2,1-2H3;2*1-2H3. The van der Waals surface area contributed by atoms with Gasteiger partial charge >= 0.3 is 45.9 Å². The predicted octanol–water partition coefficient (Wildman–Crippen LogP) is 12.4. The molecule has 1 nitrogen and oxygen atoms in total. The van der Waals surface area contributed by atoms with E-state index >= 15 is 0 Å². The molecule has 0 aliphatic rings. The van der Waals surface area contributed by atoms with Gasteiger partial charge in [-0.1, -0.05) is 125 Å². The number of rotatable bonds is 11. The first kappa shape index (κ1) is 44.0. The molecule has 2 heteroatoms. The first-order valence-electron chi connectivity index (χ1n) is 14.4. The van der Waals surface area contributed by atoms with Crippen LogP contribution < -0.4 is 5.73 Å². The molecule has 0 radical (unpaired) electrons. The fraction of sp³-hybridized carbons (Fsp3) is 0.697. The molecule has 35 heavy (non-hydrogen) atoms. The van der Waals surface area contributed by atoms with E-state index in [1.807, 2.05) is 39.8 Å². The van der Waals surface area contributed by atoms with Gasteiger partial charge in [-0.15, -0.1) is 6.58 Å². The van der Waals surface area contributed by atoms with Gasteiger partial charge in [0.25, 0.3) is 0 Å². The second kappa shape index (κ2) is 40.2. The molecule has 2 N–H and O–H groups in total. The molecule has 0 bridgehead atoms. The Balaban J connectivity index is -0.000000131. The summed E-state index contributed by atoms with van der Waals surface area (Å²) in [7, 11) is 0. The summed E-state index contributed by atoms with van der Waals surface area (Å²) in [6.07, 6.45) is 13.5. The number of anilines is 1. The topological polar surface area (TPSA) is 26.0 Å². The number of hydrogen-bond acceptors (Lipinski definition) is 1. The van der Waals surface area contributed by atoms with Crippen molar-refractivity contribution in [1.82, 2.24) is 0 Å². The van der Waals surface area contributed by atoms with Crippen molar-refractivity contribution in [2.24, 2.45) is 0 Å². The molecule has 1 rings (SSSR count). The van der Waals surface area contributed by atoms with Gasteiger partial charge in [-0.25, -0.2) is 0 Å². The fourth-order valence-electron chi connectivity index (χ4n) is 2.43. The number of unbranched alkanes of at least 4 members (excludes halogenated alkanes) is 4. The third-order valence-corrected chi connectivity index (χ3v) is 6.25. The van der Waals surface area contributed by atoms with Crippen molar-refractivity contribution in [1.29, 1.82) is 0 Å². The van der Waals surface area contributed by atoms with Gasteiger partial charge in [-0.2, -0.15) is 0 Å². The quantitative estimate of drug-likeness (QED) is 0.125. The molecular formula is C33H67NSe. The SMILES string of the molecule is C=Cc1ccc(C(C)CCC(=C)C)c(N)c1.CC.CC.CCCC.CCCCC.CCCC[Se]C. The van der Waals surface area contributed by atoms with E-state index in [9.17, 15) is 0 Å². The average Bonchev–Trinajstić information content (AvgIpc) is 2.89. The van der Waals surface area contributed by atoms with Crippen LogP contribution in [0.25, 0.3) is 6.08 Å². The van der Waals surface area contributed by atoms with Crippen LogP contribution >= 0.6 is 0 Å². The van der Waals surface area contributed by atoms with Gasteiger partial charge in [-0.3, -0.25) is 0 Å². The predicted molar refractivity (Wildman–Crippen MR) is 173 cm³/mol. The molecule has 210 valence electrons. The summed E-state index contributed by atoms with van der Waals surface area (Å²) in [5.41, 5.74) is 10.4. The van der Waals surface area contributed by atoms with Gasteiger partial charge in [0.05, 0.1) is 0 Å². The third-order valence-electron chi connectivity index (χ3n) is 4.79. The molecule has 1 aromatic carbocycles. The molecule has 1 unspecified atom stereocenters. The van der Waals surface area contributed by atoms with Crippen molar-refractivity contribution >= 4 is 26.7 Å². The van der Waals surface area contributed by atoms with E-state index in [2.05, 4.69) is 79.6 Å². The van der Waals surface area contributed by atoms with Crippen LogP contribution in [0, 0.1) is 0 Å². The Labute approximate surface area is 231 Å². The van der Waals surface area contributed by atoms with Crippen molar-refractivity contribution in [2.45, 2.75) is 151 Å². The van der Waals surface area contributed by atoms with Crippen LogP contribution in [0.4, 0.5) is 5.69 Å². The van der Waals surface area contributed by atoms with Crippen LogP contribution in [-0.2, 0) is 0 Å². The Hall–Kier alpha value is -0.981. The number of nitrogen functional groups attached to an aromatic ring is 1. The molecule has 0 aromatic heterocycles. The monoisotopic (exact) mass is 557 g/mol. The minimum absolute atomic E-state index is 0.482. The van der Waals surface area contributed by atoms with Crippen LogP contribution in [0.2, 0.25) is 11.1 Å². The van der Waals surface area contributed by atoms with E-state index in [1.165, 1.54) is 61.4 Å². The molecule has 1 atom stereocenters. The Morgan fingerprint density at radius 1 is 0.914 bits per heavy atom. The summed E-state index contributed by atoms with van der Waals surface area (Å²) in [5.74, 6) is 2.78. The van der Waals surface area contributed by atoms with Crippen LogP contribution in [0.1, 0.15) is 151 Å². The molecule has 0 heterocycles. The first-order chi connectivity index (χ1) is 16.8. The summed E-state index contributed by atoms with van der Waals surface area (Å²) in [6.45, 7) is 31.0. The number of benzene rings is 1. The summed E-state index contributed by atoms with van der Waals surface area (Å²) < 4.78 is 0. The summed E-state index contributed by atoms with van der Waals surface area (Å²) in [5, 5.41) is 1.48. The summed E-state index contributed by atoms with van der Waals surface area (Å²) >= 11 is 0.927. The summed E-state index contributed by atoms with van der Waals surface area (Å²) in [4.78, 5) is 0. The maximum atomic E-state index is 6.03. The Morgan fingerprint density at radius 2 is 1.40 bits per heavy atom. The van der Waals surface area contributed by atoms with Crippen molar-refractivity contribution in [3.63, 3.8) is 0 Å². The van der Waals surface area contributed by atoms with Gasteiger partial charge < -0.3 is 5.73 Å². The Morgan fingerprint density at radius 3 is 1.66 bits per heavy atom. The minimum atomic E-state index is 0.482. The van der Waals surface area contributed by atoms with Crippen molar-refractivity contribution in [2.75, 3.05) is 5.73 Å². The molecule has 0 saturated heterocycles. The summed E-state index contributed by atoms with van der Waals surface area (Å²) in [6, 6.07) is 6.16. The molecule has 0 spiro atoms. The van der Waals surface area contributed by atoms with Crippen LogP contribution in [0.5, 0.6) is 0 Å². The van der Waals surface area contributed by atoms with E-state index in [4.69, 9.17) is 5.73 Å². The van der Waals surface area contributed by atoms with Crippen LogP contribution in [-0.4, -0.2) is 15.0 Å².